The predicted octanol–water partition coefficient (Wildman–Crippen LogP) is 2.22. The average Bonchev–Trinajstić information content (AvgIpc) is 2.29. The molecule has 0 radical (unpaired) electrons. The summed E-state index contributed by atoms with van der Waals surface area (Å²) in [6.45, 7) is 0. The van der Waals surface area contributed by atoms with Crippen LogP contribution in [-0.2, 0) is 0 Å². The molecule has 0 fully saturated rings. The molecule has 2 rings (SSSR count). The van der Waals surface area contributed by atoms with Gasteiger partial charge in [0.15, 0.2) is 0 Å². The Morgan fingerprint density at radius 2 is 2.12 bits per heavy atom. The molecule has 80 valence electrons. The summed E-state index contributed by atoms with van der Waals surface area (Å²) < 4.78 is 13.0. The minimum absolute atomic E-state index is 0.194. The summed E-state index contributed by atoms with van der Waals surface area (Å²) in [5.74, 6) is -0.366. The van der Waals surface area contributed by atoms with E-state index in [1.807, 2.05) is 0 Å². The smallest absolute Gasteiger partial charge is 0.123 e. The van der Waals surface area contributed by atoms with E-state index < -0.39 is 0 Å². The molecule has 0 saturated carbocycles. The number of halogens is 1. The molecule has 1 aromatic heterocycles. The van der Waals surface area contributed by atoms with Crippen LogP contribution in [0.4, 0.5) is 10.1 Å². The van der Waals surface area contributed by atoms with Gasteiger partial charge in [0, 0.05) is 17.3 Å². The maximum Gasteiger partial charge on any atom is 0.123 e. The van der Waals surface area contributed by atoms with E-state index in [2.05, 4.69) is 4.98 Å². The first-order valence-corrected chi connectivity index (χ1v) is 4.73. The fraction of sp³-hybridized carbons (Fsp3) is 0. The van der Waals surface area contributed by atoms with E-state index in [1.54, 1.807) is 24.4 Å². The van der Waals surface area contributed by atoms with Crippen molar-refractivity contribution in [3.8, 4) is 0 Å². The molecule has 0 aliphatic carbocycles. The summed E-state index contributed by atoms with van der Waals surface area (Å²) in [7, 11) is 0. The second-order valence-electron chi connectivity index (χ2n) is 3.35. The Balaban J connectivity index is 2.44. The van der Waals surface area contributed by atoms with Crippen LogP contribution in [0.15, 0.2) is 42.7 Å². The van der Waals surface area contributed by atoms with E-state index in [-0.39, 0.29) is 11.5 Å². The number of rotatable bonds is 2. The summed E-state index contributed by atoms with van der Waals surface area (Å²) in [4.78, 5) is 3.84. The zero-order valence-electron chi connectivity index (χ0n) is 8.44. The van der Waals surface area contributed by atoms with Gasteiger partial charge in [-0.3, -0.25) is 10.4 Å². The summed E-state index contributed by atoms with van der Waals surface area (Å²) in [5, 5.41) is 7.93. The lowest BCUT2D eigenvalue weighted by Gasteiger charge is -2.06. The van der Waals surface area contributed by atoms with Gasteiger partial charge in [0.2, 0.25) is 0 Å². The van der Waals surface area contributed by atoms with Gasteiger partial charge in [-0.15, -0.1) is 0 Å². The van der Waals surface area contributed by atoms with Gasteiger partial charge in [-0.1, -0.05) is 12.1 Å². The standard InChI is InChI=1S/C12H10FN3/c13-9-3-1-2-8(6-9)12(15)10-4-5-16-7-11(10)14/h1-7,15H,14H2. The molecule has 0 unspecified atom stereocenters. The molecule has 1 aromatic carbocycles. The highest BCUT2D eigenvalue weighted by Crippen LogP contribution is 2.15. The number of pyridine rings is 1. The first-order chi connectivity index (χ1) is 7.68. The third kappa shape index (κ3) is 1.91. The predicted molar refractivity (Wildman–Crippen MR) is 61.0 cm³/mol. The third-order valence-electron chi connectivity index (χ3n) is 2.23. The molecular weight excluding hydrogens is 205 g/mol. The van der Waals surface area contributed by atoms with Gasteiger partial charge in [0.05, 0.1) is 17.6 Å². The minimum Gasteiger partial charge on any atom is -0.397 e. The number of hydrogen-bond donors (Lipinski definition) is 2. The molecule has 0 aliphatic rings. The molecule has 3 N–H and O–H groups in total. The lowest BCUT2D eigenvalue weighted by atomic mass is 10.0. The molecule has 0 saturated heterocycles. The Bertz CT molecular complexity index is 537. The summed E-state index contributed by atoms with van der Waals surface area (Å²) in [6.07, 6.45) is 3.03. The van der Waals surface area contributed by atoms with Crippen molar-refractivity contribution in [3.63, 3.8) is 0 Å². The second kappa shape index (κ2) is 4.10. The van der Waals surface area contributed by atoms with Gasteiger partial charge in [-0.05, 0) is 18.2 Å². The van der Waals surface area contributed by atoms with Crippen LogP contribution in [0.2, 0.25) is 0 Å². The van der Waals surface area contributed by atoms with Crippen LogP contribution in [-0.4, -0.2) is 10.7 Å². The normalized spacial score (nSPS) is 10.1. The maximum atomic E-state index is 13.0. The maximum absolute atomic E-state index is 13.0. The van der Waals surface area contributed by atoms with Gasteiger partial charge < -0.3 is 5.73 Å². The highest BCUT2D eigenvalue weighted by Gasteiger charge is 2.08. The topological polar surface area (TPSA) is 62.8 Å². The van der Waals surface area contributed by atoms with E-state index in [4.69, 9.17) is 11.1 Å². The fourth-order valence-electron chi connectivity index (χ4n) is 1.43. The van der Waals surface area contributed by atoms with Crippen LogP contribution in [0.3, 0.4) is 0 Å². The van der Waals surface area contributed by atoms with Crippen LogP contribution >= 0.6 is 0 Å². The van der Waals surface area contributed by atoms with Crippen LogP contribution in [0, 0.1) is 11.2 Å². The lowest BCUT2D eigenvalue weighted by molar-refractivity contribution is 0.627. The van der Waals surface area contributed by atoms with Crippen LogP contribution in [0.25, 0.3) is 0 Å². The third-order valence-corrected chi connectivity index (χ3v) is 2.23. The second-order valence-corrected chi connectivity index (χ2v) is 3.35. The van der Waals surface area contributed by atoms with Gasteiger partial charge in [0.25, 0.3) is 0 Å². The average molecular weight is 215 g/mol. The van der Waals surface area contributed by atoms with Crippen molar-refractivity contribution in [1.29, 1.82) is 5.41 Å². The Hall–Kier alpha value is -2.23. The molecule has 0 bridgehead atoms. The van der Waals surface area contributed by atoms with Gasteiger partial charge in [-0.2, -0.15) is 0 Å². The summed E-state index contributed by atoms with van der Waals surface area (Å²) >= 11 is 0. The van der Waals surface area contributed by atoms with E-state index in [0.29, 0.717) is 16.8 Å². The first-order valence-electron chi connectivity index (χ1n) is 4.73. The number of nitrogens with zero attached hydrogens (tertiary/aromatic N) is 1. The number of nitrogens with two attached hydrogens (primary N) is 1. The molecule has 4 heteroatoms. The quantitative estimate of drug-likeness (QED) is 0.754. The molecule has 0 amide bonds. The Labute approximate surface area is 92.3 Å². The van der Waals surface area contributed by atoms with Crippen molar-refractivity contribution in [2.24, 2.45) is 0 Å². The van der Waals surface area contributed by atoms with Gasteiger partial charge in [-0.25, -0.2) is 4.39 Å². The molecule has 16 heavy (non-hydrogen) atoms. The van der Waals surface area contributed by atoms with E-state index in [9.17, 15) is 4.39 Å². The molecule has 0 aliphatic heterocycles. The van der Waals surface area contributed by atoms with E-state index in [0.717, 1.165) is 0 Å². The minimum atomic E-state index is -0.366. The number of anilines is 1. The SMILES string of the molecule is N=C(c1cccc(F)c1)c1ccncc1N. The highest BCUT2D eigenvalue weighted by atomic mass is 19.1. The van der Waals surface area contributed by atoms with Crippen LogP contribution < -0.4 is 5.73 Å². The number of aromatic nitrogens is 1. The van der Waals surface area contributed by atoms with Crippen molar-refractivity contribution >= 4 is 11.4 Å². The van der Waals surface area contributed by atoms with Crippen molar-refractivity contribution in [2.75, 3.05) is 5.73 Å². The Kier molecular flexibility index (Phi) is 2.64. The Morgan fingerprint density at radius 3 is 2.81 bits per heavy atom. The van der Waals surface area contributed by atoms with E-state index >= 15 is 0 Å². The number of hydrogen-bond acceptors (Lipinski definition) is 3. The molecule has 0 atom stereocenters. The lowest BCUT2D eigenvalue weighted by Crippen LogP contribution is -2.05. The molecular formula is C12H10FN3. The number of nitrogen functional groups attached to an aromatic ring is 1. The van der Waals surface area contributed by atoms with Crippen LogP contribution in [0.5, 0.6) is 0 Å². The van der Waals surface area contributed by atoms with Crippen molar-refractivity contribution in [2.45, 2.75) is 0 Å². The van der Waals surface area contributed by atoms with Crippen LogP contribution in [0.1, 0.15) is 11.1 Å². The molecule has 3 nitrogen and oxygen atoms in total. The zero-order chi connectivity index (χ0) is 11.5. The number of benzene rings is 1. The molecule has 1 heterocycles. The van der Waals surface area contributed by atoms with E-state index in [1.165, 1.54) is 18.3 Å². The largest absolute Gasteiger partial charge is 0.397 e. The highest BCUT2D eigenvalue weighted by molar-refractivity contribution is 6.13. The fourth-order valence-corrected chi connectivity index (χ4v) is 1.43. The number of nitrogens with one attached hydrogen (secondary N) is 1. The summed E-state index contributed by atoms with van der Waals surface area (Å²) in [5.41, 5.74) is 7.36. The Morgan fingerprint density at radius 1 is 1.31 bits per heavy atom. The zero-order valence-corrected chi connectivity index (χ0v) is 8.44. The monoisotopic (exact) mass is 215 g/mol. The van der Waals surface area contributed by atoms with Gasteiger partial charge >= 0.3 is 0 Å². The first kappa shape index (κ1) is 10.3. The molecule has 0 spiro atoms. The van der Waals surface area contributed by atoms with Gasteiger partial charge in [0.1, 0.15) is 5.82 Å². The van der Waals surface area contributed by atoms with Crippen molar-refractivity contribution < 1.29 is 4.39 Å². The summed E-state index contributed by atoms with van der Waals surface area (Å²) in [6, 6.07) is 7.53. The van der Waals surface area contributed by atoms with Crippen molar-refractivity contribution in [1.82, 2.24) is 4.98 Å². The molecule has 2 aromatic rings. The van der Waals surface area contributed by atoms with Crippen molar-refractivity contribution in [3.05, 3.63) is 59.7 Å².